The third-order valence-corrected chi connectivity index (χ3v) is 3.72. The Morgan fingerprint density at radius 3 is 2.68 bits per heavy atom. The molecule has 1 heterocycles. The molecule has 0 aliphatic rings. The van der Waals surface area contributed by atoms with Crippen molar-refractivity contribution in [1.29, 1.82) is 0 Å². The summed E-state index contributed by atoms with van der Waals surface area (Å²) in [6, 6.07) is 16.9. The highest BCUT2D eigenvalue weighted by molar-refractivity contribution is 5.97. The lowest BCUT2D eigenvalue weighted by Gasteiger charge is -2.13. The fraction of sp³-hybridized carbons (Fsp3) is 0.118. The van der Waals surface area contributed by atoms with E-state index < -0.39 is 0 Å². The van der Waals surface area contributed by atoms with Crippen LogP contribution in [0.2, 0.25) is 0 Å². The first-order valence-corrected chi connectivity index (χ1v) is 6.95. The third kappa shape index (κ3) is 2.57. The number of nitrogens with zero attached hydrogens (tertiary/aromatic N) is 4. The molecule has 0 aliphatic carbocycles. The molecule has 22 heavy (non-hydrogen) atoms. The SMILES string of the molecule is [N-]=[N+]=NC(Cn1ccc2c(C=O)cccc21)c1ccccc1. The number of fused-ring (bicyclic) bond motifs is 1. The fourth-order valence-corrected chi connectivity index (χ4v) is 2.64. The van der Waals surface area contributed by atoms with Gasteiger partial charge in [-0.05, 0) is 23.2 Å². The van der Waals surface area contributed by atoms with Gasteiger partial charge in [0.25, 0.3) is 0 Å². The summed E-state index contributed by atoms with van der Waals surface area (Å²) in [5.41, 5.74) is 11.4. The minimum atomic E-state index is -0.290. The van der Waals surface area contributed by atoms with Crippen LogP contribution in [0.1, 0.15) is 22.0 Å². The Balaban J connectivity index is 2.00. The van der Waals surface area contributed by atoms with Crippen LogP contribution in [-0.4, -0.2) is 10.9 Å². The van der Waals surface area contributed by atoms with E-state index in [-0.39, 0.29) is 6.04 Å². The van der Waals surface area contributed by atoms with Gasteiger partial charge in [0.15, 0.2) is 6.29 Å². The van der Waals surface area contributed by atoms with Crippen molar-refractivity contribution in [3.8, 4) is 0 Å². The first kappa shape index (κ1) is 13.9. The zero-order chi connectivity index (χ0) is 15.4. The standard InChI is InChI=1S/C17H14N4O/c18-20-19-16(13-5-2-1-3-6-13)11-21-10-9-15-14(12-22)7-4-8-17(15)21/h1-10,12,16H,11H2. The van der Waals surface area contributed by atoms with Gasteiger partial charge >= 0.3 is 0 Å². The first-order valence-electron chi connectivity index (χ1n) is 6.95. The molecule has 0 saturated heterocycles. The summed E-state index contributed by atoms with van der Waals surface area (Å²) in [6.07, 6.45) is 2.77. The maximum atomic E-state index is 11.1. The van der Waals surface area contributed by atoms with E-state index in [1.165, 1.54) is 0 Å². The number of azide groups is 1. The Kier molecular flexibility index (Phi) is 3.90. The van der Waals surface area contributed by atoms with Crippen molar-refractivity contribution in [3.63, 3.8) is 0 Å². The first-order chi connectivity index (χ1) is 10.8. The van der Waals surface area contributed by atoms with E-state index in [1.54, 1.807) is 6.07 Å². The highest BCUT2D eigenvalue weighted by Gasteiger charge is 2.12. The molecule has 0 amide bonds. The van der Waals surface area contributed by atoms with E-state index >= 15 is 0 Å². The van der Waals surface area contributed by atoms with Crippen molar-refractivity contribution in [2.24, 2.45) is 5.11 Å². The van der Waals surface area contributed by atoms with Crippen LogP contribution in [0.5, 0.6) is 0 Å². The second-order valence-corrected chi connectivity index (χ2v) is 5.00. The van der Waals surface area contributed by atoms with Gasteiger partial charge in [-0.3, -0.25) is 4.79 Å². The van der Waals surface area contributed by atoms with Gasteiger partial charge in [-0.25, -0.2) is 0 Å². The Labute approximate surface area is 127 Å². The average Bonchev–Trinajstić information content (AvgIpc) is 2.98. The van der Waals surface area contributed by atoms with Crippen molar-refractivity contribution in [2.45, 2.75) is 12.6 Å². The molecule has 5 heteroatoms. The van der Waals surface area contributed by atoms with Crippen LogP contribution in [0, 0.1) is 0 Å². The van der Waals surface area contributed by atoms with Gasteiger partial charge in [0, 0.05) is 34.1 Å². The van der Waals surface area contributed by atoms with Gasteiger partial charge in [-0.15, -0.1) is 0 Å². The molecule has 1 aromatic heterocycles. The summed E-state index contributed by atoms with van der Waals surface area (Å²) in [5, 5.41) is 4.82. The highest BCUT2D eigenvalue weighted by Crippen LogP contribution is 2.24. The topological polar surface area (TPSA) is 70.8 Å². The molecule has 108 valence electrons. The van der Waals surface area contributed by atoms with Crippen LogP contribution in [-0.2, 0) is 6.54 Å². The number of carbonyl (C=O) groups excluding carboxylic acids is 1. The number of benzene rings is 2. The molecule has 2 aromatic carbocycles. The molecule has 0 N–H and O–H groups in total. The molecule has 3 rings (SSSR count). The van der Waals surface area contributed by atoms with Crippen LogP contribution < -0.4 is 0 Å². The van der Waals surface area contributed by atoms with Crippen molar-refractivity contribution in [3.05, 3.63) is 82.4 Å². The lowest BCUT2D eigenvalue weighted by atomic mass is 10.1. The molecule has 0 fully saturated rings. The maximum Gasteiger partial charge on any atom is 0.150 e. The van der Waals surface area contributed by atoms with Gasteiger partial charge in [0.2, 0.25) is 0 Å². The summed E-state index contributed by atoms with van der Waals surface area (Å²) in [5.74, 6) is 0. The normalized spacial score (nSPS) is 11.8. The molecular weight excluding hydrogens is 276 g/mol. The van der Waals surface area contributed by atoms with Crippen molar-refractivity contribution >= 4 is 17.2 Å². The molecule has 1 atom stereocenters. The smallest absolute Gasteiger partial charge is 0.150 e. The van der Waals surface area contributed by atoms with E-state index in [0.29, 0.717) is 12.1 Å². The minimum absolute atomic E-state index is 0.290. The second-order valence-electron chi connectivity index (χ2n) is 5.00. The van der Waals surface area contributed by atoms with E-state index in [0.717, 1.165) is 22.8 Å². The highest BCUT2D eigenvalue weighted by atomic mass is 16.1. The van der Waals surface area contributed by atoms with Crippen LogP contribution in [0.25, 0.3) is 21.3 Å². The Hall–Kier alpha value is -3.04. The van der Waals surface area contributed by atoms with Crippen LogP contribution in [0.4, 0.5) is 0 Å². The number of aldehydes is 1. The van der Waals surface area contributed by atoms with E-state index in [1.807, 2.05) is 59.3 Å². The zero-order valence-corrected chi connectivity index (χ0v) is 11.8. The van der Waals surface area contributed by atoms with Gasteiger partial charge < -0.3 is 4.57 Å². The molecule has 0 radical (unpaired) electrons. The summed E-state index contributed by atoms with van der Waals surface area (Å²) in [6.45, 7) is 0.528. The Bertz CT molecular complexity index is 847. The number of rotatable bonds is 5. The summed E-state index contributed by atoms with van der Waals surface area (Å²) >= 11 is 0. The maximum absolute atomic E-state index is 11.1. The number of hydrogen-bond acceptors (Lipinski definition) is 2. The molecule has 0 spiro atoms. The van der Waals surface area contributed by atoms with Crippen LogP contribution in [0.3, 0.4) is 0 Å². The van der Waals surface area contributed by atoms with Gasteiger partial charge in [-0.1, -0.05) is 47.6 Å². The van der Waals surface area contributed by atoms with E-state index in [2.05, 4.69) is 10.0 Å². The van der Waals surface area contributed by atoms with Crippen LogP contribution >= 0.6 is 0 Å². The second kappa shape index (κ2) is 6.16. The van der Waals surface area contributed by atoms with Gasteiger partial charge in [0.1, 0.15) is 0 Å². The zero-order valence-electron chi connectivity index (χ0n) is 11.8. The lowest BCUT2D eigenvalue weighted by molar-refractivity contribution is 0.112. The average molecular weight is 290 g/mol. The van der Waals surface area contributed by atoms with Crippen molar-refractivity contribution in [2.75, 3.05) is 0 Å². The predicted octanol–water partition coefficient (Wildman–Crippen LogP) is 4.51. The third-order valence-electron chi connectivity index (χ3n) is 3.72. The van der Waals surface area contributed by atoms with Crippen molar-refractivity contribution < 1.29 is 4.79 Å². The molecule has 0 aliphatic heterocycles. The largest absolute Gasteiger partial charge is 0.347 e. The van der Waals surface area contributed by atoms with Gasteiger partial charge in [0.05, 0.1) is 6.04 Å². The monoisotopic (exact) mass is 290 g/mol. The lowest BCUT2D eigenvalue weighted by Crippen LogP contribution is -2.06. The number of hydrogen-bond donors (Lipinski definition) is 0. The Morgan fingerprint density at radius 2 is 1.95 bits per heavy atom. The summed E-state index contributed by atoms with van der Waals surface area (Å²) in [4.78, 5) is 14.1. The molecule has 3 aromatic rings. The van der Waals surface area contributed by atoms with E-state index in [4.69, 9.17) is 5.53 Å². The summed E-state index contributed by atoms with van der Waals surface area (Å²) in [7, 11) is 0. The molecule has 0 saturated carbocycles. The Morgan fingerprint density at radius 1 is 1.14 bits per heavy atom. The molecule has 1 unspecified atom stereocenters. The molecular formula is C17H14N4O. The summed E-state index contributed by atoms with van der Waals surface area (Å²) < 4.78 is 2.01. The van der Waals surface area contributed by atoms with Gasteiger partial charge in [-0.2, -0.15) is 0 Å². The minimum Gasteiger partial charge on any atom is -0.347 e. The van der Waals surface area contributed by atoms with Crippen LogP contribution in [0.15, 0.2) is 65.9 Å². The number of aromatic nitrogens is 1. The molecule has 0 bridgehead atoms. The molecule has 5 nitrogen and oxygen atoms in total. The van der Waals surface area contributed by atoms with E-state index in [9.17, 15) is 4.79 Å². The fourth-order valence-electron chi connectivity index (χ4n) is 2.64. The van der Waals surface area contributed by atoms with Crippen molar-refractivity contribution in [1.82, 2.24) is 4.57 Å². The predicted molar refractivity (Wildman–Crippen MR) is 85.7 cm³/mol. The number of carbonyl (C=O) groups is 1. The quantitative estimate of drug-likeness (QED) is 0.295.